The molecule has 4 rings (SSSR count). The molecular formula is C16H15F3N6O. The first-order valence-electron chi connectivity index (χ1n) is 8.18. The first kappa shape index (κ1) is 16.6. The lowest BCUT2D eigenvalue weighted by Gasteiger charge is -2.18. The molecule has 1 aliphatic carbocycles. The average molecular weight is 364 g/mol. The molecule has 1 aliphatic rings. The molecule has 0 radical (unpaired) electrons. The van der Waals surface area contributed by atoms with Gasteiger partial charge in [-0.05, 0) is 37.8 Å². The fourth-order valence-corrected chi connectivity index (χ4v) is 3.20. The Balaban J connectivity index is 1.51. The number of carbonyl (C=O) groups is 1. The Morgan fingerprint density at radius 2 is 2.00 bits per heavy atom. The number of rotatable bonds is 4. The number of fused-ring (bicyclic) bond motifs is 2. The van der Waals surface area contributed by atoms with Crippen LogP contribution >= 0.6 is 0 Å². The number of aromatic nitrogens is 5. The van der Waals surface area contributed by atoms with E-state index in [1.165, 1.54) is 6.07 Å². The molecule has 0 spiro atoms. The van der Waals surface area contributed by atoms with Crippen molar-refractivity contribution in [2.45, 2.75) is 31.6 Å². The van der Waals surface area contributed by atoms with Gasteiger partial charge in [0.15, 0.2) is 5.82 Å². The van der Waals surface area contributed by atoms with E-state index in [9.17, 15) is 18.0 Å². The number of benzene rings is 1. The van der Waals surface area contributed by atoms with Crippen molar-refractivity contribution in [3.63, 3.8) is 0 Å². The van der Waals surface area contributed by atoms with Crippen LogP contribution in [0.2, 0.25) is 0 Å². The number of alkyl halides is 2. The second-order valence-corrected chi connectivity index (χ2v) is 6.27. The molecule has 26 heavy (non-hydrogen) atoms. The summed E-state index contributed by atoms with van der Waals surface area (Å²) in [5.41, 5.74) is 0.953. The average Bonchev–Trinajstić information content (AvgIpc) is 3.26. The highest BCUT2D eigenvalue weighted by Gasteiger charge is 2.38. The van der Waals surface area contributed by atoms with Crippen molar-refractivity contribution in [1.82, 2.24) is 30.9 Å². The van der Waals surface area contributed by atoms with Gasteiger partial charge in [0.25, 0.3) is 5.91 Å². The van der Waals surface area contributed by atoms with Crippen molar-refractivity contribution < 1.29 is 18.0 Å². The Kier molecular flexibility index (Phi) is 3.89. The topological polar surface area (TPSA) is 99.4 Å². The summed E-state index contributed by atoms with van der Waals surface area (Å²) in [5.74, 6) is -4.90. The summed E-state index contributed by atoms with van der Waals surface area (Å²) in [7, 11) is 0. The van der Waals surface area contributed by atoms with Crippen molar-refractivity contribution in [1.29, 1.82) is 0 Å². The molecule has 3 aromatic rings. The van der Waals surface area contributed by atoms with E-state index in [1.54, 1.807) is 0 Å². The van der Waals surface area contributed by atoms with Gasteiger partial charge >= 0.3 is 5.92 Å². The lowest BCUT2D eigenvalue weighted by molar-refractivity contribution is -0.00769. The Bertz CT molecular complexity index is 980. The molecule has 0 atom stereocenters. The summed E-state index contributed by atoms with van der Waals surface area (Å²) < 4.78 is 42.9. The third-order valence-corrected chi connectivity index (χ3v) is 4.51. The van der Waals surface area contributed by atoms with Gasteiger partial charge in [-0.15, -0.1) is 0 Å². The lowest BCUT2D eigenvalue weighted by atomic mass is 9.94. The maximum atomic E-state index is 14.5. The quantitative estimate of drug-likeness (QED) is 0.661. The summed E-state index contributed by atoms with van der Waals surface area (Å²) in [4.78, 5) is 12.2. The largest absolute Gasteiger partial charge is 0.346 e. The molecule has 1 amide bonds. The van der Waals surface area contributed by atoms with Crippen LogP contribution in [-0.4, -0.2) is 38.1 Å². The number of halogens is 3. The van der Waals surface area contributed by atoms with Gasteiger partial charge in [0.05, 0.1) is 6.54 Å². The summed E-state index contributed by atoms with van der Waals surface area (Å²) in [5, 5.41) is 18.1. The van der Waals surface area contributed by atoms with Gasteiger partial charge in [-0.25, -0.2) is 4.39 Å². The minimum Gasteiger partial charge on any atom is -0.346 e. The third-order valence-electron chi connectivity index (χ3n) is 4.51. The van der Waals surface area contributed by atoms with Gasteiger partial charge in [-0.1, -0.05) is 0 Å². The number of nitrogens with zero attached hydrogens (tertiary/aromatic N) is 3. The van der Waals surface area contributed by atoms with E-state index in [-0.39, 0.29) is 22.3 Å². The number of aryl methyl sites for hydroxylation is 1. The molecule has 0 unspecified atom stereocenters. The highest BCUT2D eigenvalue weighted by atomic mass is 19.3. The highest BCUT2D eigenvalue weighted by molar-refractivity contribution is 5.97. The smallest absolute Gasteiger partial charge is 0.308 e. The summed E-state index contributed by atoms with van der Waals surface area (Å²) in [6.45, 7) is -0.929. The van der Waals surface area contributed by atoms with E-state index in [1.807, 2.05) is 0 Å². The van der Waals surface area contributed by atoms with E-state index in [2.05, 4.69) is 30.9 Å². The number of hydrogen-bond donors (Lipinski definition) is 3. The van der Waals surface area contributed by atoms with Crippen molar-refractivity contribution in [2.24, 2.45) is 0 Å². The van der Waals surface area contributed by atoms with Crippen molar-refractivity contribution in [2.75, 3.05) is 6.54 Å². The van der Waals surface area contributed by atoms with Gasteiger partial charge in [0.2, 0.25) is 0 Å². The number of H-pyrrole nitrogens is 2. The van der Waals surface area contributed by atoms with Gasteiger partial charge < -0.3 is 5.32 Å². The number of carbonyl (C=O) groups excluding carboxylic acids is 1. The van der Waals surface area contributed by atoms with Crippen LogP contribution in [0.5, 0.6) is 0 Å². The summed E-state index contributed by atoms with van der Waals surface area (Å²) in [6.07, 6.45) is 3.01. The molecule has 10 heteroatoms. The minimum atomic E-state index is -3.33. The van der Waals surface area contributed by atoms with E-state index in [0.717, 1.165) is 24.6 Å². The molecular weight excluding hydrogens is 349 g/mol. The third kappa shape index (κ3) is 2.80. The molecule has 0 saturated carbocycles. The molecule has 0 saturated heterocycles. The zero-order chi connectivity index (χ0) is 18.3. The first-order valence-corrected chi connectivity index (χ1v) is 8.18. The predicted molar refractivity (Wildman–Crippen MR) is 85.3 cm³/mol. The van der Waals surface area contributed by atoms with Crippen LogP contribution in [0.1, 0.15) is 40.2 Å². The summed E-state index contributed by atoms with van der Waals surface area (Å²) in [6, 6.07) is 2.22. The molecule has 0 fully saturated rings. The molecule has 0 bridgehead atoms. The highest BCUT2D eigenvalue weighted by Crippen LogP contribution is 2.33. The van der Waals surface area contributed by atoms with Crippen LogP contribution in [0.25, 0.3) is 11.0 Å². The van der Waals surface area contributed by atoms with Crippen LogP contribution in [0.4, 0.5) is 13.2 Å². The first-order chi connectivity index (χ1) is 12.5. The Hall–Kier alpha value is -2.91. The molecule has 3 N–H and O–H groups in total. The maximum absolute atomic E-state index is 14.5. The zero-order valence-electron chi connectivity index (χ0n) is 13.6. The number of hydrogen-bond acceptors (Lipinski definition) is 4. The standard InChI is InChI=1S/C16H15F3N6O/c17-10-5-8(6-12-13(10)23-25-22-12)15(26)20-7-16(18,19)14-9-3-1-2-4-11(9)21-24-14/h5-6H,1-4,7H2,(H,20,26)(H,21,24)(H,22,23,25). The Morgan fingerprint density at radius 3 is 2.85 bits per heavy atom. The zero-order valence-corrected chi connectivity index (χ0v) is 13.6. The van der Waals surface area contributed by atoms with Crippen LogP contribution in [-0.2, 0) is 18.8 Å². The summed E-state index contributed by atoms with van der Waals surface area (Å²) >= 11 is 0. The minimum absolute atomic E-state index is 0.0185. The van der Waals surface area contributed by atoms with E-state index in [0.29, 0.717) is 18.4 Å². The fraction of sp³-hybridized carbons (Fsp3) is 0.375. The van der Waals surface area contributed by atoms with Crippen molar-refractivity contribution >= 4 is 16.9 Å². The van der Waals surface area contributed by atoms with Crippen LogP contribution in [0.15, 0.2) is 12.1 Å². The molecule has 2 aromatic heterocycles. The Morgan fingerprint density at radius 1 is 1.19 bits per heavy atom. The van der Waals surface area contributed by atoms with Crippen molar-refractivity contribution in [3.05, 3.63) is 40.5 Å². The SMILES string of the molecule is O=C(NCC(F)(F)c1n[nH]c2c1CCCC2)c1cc(F)c2n[nH]nc2c1. The number of aromatic amines is 2. The van der Waals surface area contributed by atoms with E-state index in [4.69, 9.17) is 0 Å². The molecule has 136 valence electrons. The van der Waals surface area contributed by atoms with Crippen molar-refractivity contribution in [3.8, 4) is 0 Å². The monoisotopic (exact) mass is 364 g/mol. The normalized spacial score (nSPS) is 14.4. The van der Waals surface area contributed by atoms with E-state index >= 15 is 0 Å². The maximum Gasteiger partial charge on any atom is 0.308 e. The van der Waals surface area contributed by atoms with E-state index < -0.39 is 24.2 Å². The van der Waals surface area contributed by atoms with Gasteiger partial charge in [0, 0.05) is 16.8 Å². The lowest BCUT2D eigenvalue weighted by Crippen LogP contribution is -2.36. The van der Waals surface area contributed by atoms with Gasteiger partial charge in [-0.2, -0.15) is 29.3 Å². The van der Waals surface area contributed by atoms with Gasteiger partial charge in [0.1, 0.15) is 16.7 Å². The molecule has 7 nitrogen and oxygen atoms in total. The van der Waals surface area contributed by atoms with Crippen LogP contribution < -0.4 is 5.32 Å². The second kappa shape index (κ2) is 6.11. The van der Waals surface area contributed by atoms with Gasteiger partial charge in [-0.3, -0.25) is 9.89 Å². The molecule has 0 aliphatic heterocycles. The number of amides is 1. The predicted octanol–water partition coefficient (Wildman–Crippen LogP) is 2.22. The molecule has 2 heterocycles. The second-order valence-electron chi connectivity index (χ2n) is 6.27. The molecule has 1 aromatic carbocycles. The van der Waals surface area contributed by atoms with Crippen LogP contribution in [0.3, 0.4) is 0 Å². The Labute approximate surface area is 145 Å². The number of nitrogens with one attached hydrogen (secondary N) is 3. The van der Waals surface area contributed by atoms with Crippen LogP contribution in [0, 0.1) is 5.82 Å². The fourth-order valence-electron chi connectivity index (χ4n) is 3.20.